The normalized spacial score (nSPS) is 17.4. The maximum atomic E-state index is 11.8. The van der Waals surface area contributed by atoms with Crippen molar-refractivity contribution in [1.29, 1.82) is 0 Å². The molecule has 0 aliphatic carbocycles. The van der Waals surface area contributed by atoms with Gasteiger partial charge in [0.2, 0.25) is 0 Å². The molecule has 0 amide bonds. The molecular formula is C14H15NO2. The van der Waals surface area contributed by atoms with Gasteiger partial charge in [-0.1, -0.05) is 35.5 Å². The van der Waals surface area contributed by atoms with E-state index in [4.69, 9.17) is 4.84 Å². The zero-order valence-electron chi connectivity index (χ0n) is 9.80. The number of Topliss-reactive ketones (excluding diaryl/α,β-unsaturated/α-hetero) is 1. The summed E-state index contributed by atoms with van der Waals surface area (Å²) in [6.45, 7) is 1.91. The molecule has 1 atom stereocenters. The predicted octanol–water partition coefficient (Wildman–Crippen LogP) is 2.67. The van der Waals surface area contributed by atoms with E-state index in [9.17, 15) is 4.79 Å². The van der Waals surface area contributed by atoms with E-state index in [2.05, 4.69) is 18.0 Å². The number of nitrogens with zero attached hydrogens (tertiary/aromatic N) is 1. The zero-order valence-corrected chi connectivity index (χ0v) is 9.80. The van der Waals surface area contributed by atoms with Crippen LogP contribution in [-0.4, -0.2) is 17.6 Å². The third-order valence-corrected chi connectivity index (χ3v) is 2.39. The van der Waals surface area contributed by atoms with Crippen molar-refractivity contribution in [3.8, 4) is 12.8 Å². The number of terminal acetylenes is 1. The number of benzene rings is 1. The van der Waals surface area contributed by atoms with Gasteiger partial charge in [0.25, 0.3) is 0 Å². The molecule has 2 rings (SSSR count). The molecule has 88 valence electrons. The first-order chi connectivity index (χ1) is 8.25. The summed E-state index contributed by atoms with van der Waals surface area (Å²) in [7, 11) is 0. The van der Waals surface area contributed by atoms with Crippen LogP contribution in [0.2, 0.25) is 0 Å². The highest BCUT2D eigenvalue weighted by Crippen LogP contribution is 2.16. The van der Waals surface area contributed by atoms with Gasteiger partial charge in [0.1, 0.15) is 6.10 Å². The molecule has 0 bridgehead atoms. The van der Waals surface area contributed by atoms with Crippen LogP contribution in [0, 0.1) is 12.8 Å². The number of ketones is 1. The van der Waals surface area contributed by atoms with Crippen LogP contribution in [-0.2, 0) is 4.84 Å². The fourth-order valence-electron chi connectivity index (χ4n) is 1.63. The lowest BCUT2D eigenvalue weighted by molar-refractivity contribution is 0.0659. The first-order valence-corrected chi connectivity index (χ1v) is 5.36. The summed E-state index contributed by atoms with van der Waals surface area (Å²) < 4.78 is 0. The van der Waals surface area contributed by atoms with E-state index in [-0.39, 0.29) is 11.9 Å². The topological polar surface area (TPSA) is 38.7 Å². The molecule has 1 heterocycles. The largest absolute Gasteiger partial charge is 0.392 e. The van der Waals surface area contributed by atoms with Crippen molar-refractivity contribution in [2.75, 3.05) is 0 Å². The van der Waals surface area contributed by atoms with E-state index in [0.717, 1.165) is 17.7 Å². The van der Waals surface area contributed by atoms with Crippen molar-refractivity contribution in [3.05, 3.63) is 35.9 Å². The smallest absolute Gasteiger partial charge is 0.166 e. The molecule has 0 saturated heterocycles. The third kappa shape index (κ3) is 3.76. The number of rotatable bonds is 3. The average Bonchev–Trinajstić information content (AvgIpc) is 2.78. The Balaban J connectivity index is 0.000000686. The van der Waals surface area contributed by atoms with Crippen LogP contribution in [0.3, 0.4) is 0 Å². The van der Waals surface area contributed by atoms with Gasteiger partial charge >= 0.3 is 0 Å². The molecule has 1 aliphatic rings. The van der Waals surface area contributed by atoms with Gasteiger partial charge in [-0.05, 0) is 6.92 Å². The lowest BCUT2D eigenvalue weighted by Crippen LogP contribution is -2.13. The second-order valence-corrected chi connectivity index (χ2v) is 3.75. The van der Waals surface area contributed by atoms with E-state index in [0.29, 0.717) is 6.42 Å². The Labute approximate surface area is 101 Å². The van der Waals surface area contributed by atoms with Crippen molar-refractivity contribution >= 4 is 11.5 Å². The van der Waals surface area contributed by atoms with Crippen LogP contribution < -0.4 is 0 Å². The van der Waals surface area contributed by atoms with E-state index in [1.165, 1.54) is 0 Å². The van der Waals surface area contributed by atoms with Crippen LogP contribution in [0.25, 0.3) is 0 Å². The van der Waals surface area contributed by atoms with E-state index in [1.807, 2.05) is 37.3 Å². The van der Waals surface area contributed by atoms with Crippen LogP contribution in [0.15, 0.2) is 35.5 Å². The summed E-state index contributed by atoms with van der Waals surface area (Å²) in [4.78, 5) is 16.9. The van der Waals surface area contributed by atoms with Gasteiger partial charge in [0.05, 0.1) is 12.1 Å². The lowest BCUT2D eigenvalue weighted by atomic mass is 10.0. The zero-order chi connectivity index (χ0) is 12.7. The molecule has 1 aromatic rings. The first-order valence-electron chi connectivity index (χ1n) is 5.36. The Morgan fingerprint density at radius 1 is 1.41 bits per heavy atom. The van der Waals surface area contributed by atoms with Crippen molar-refractivity contribution in [2.45, 2.75) is 25.9 Å². The minimum atomic E-state index is -0.0716. The molecule has 17 heavy (non-hydrogen) atoms. The first kappa shape index (κ1) is 13.0. The molecular weight excluding hydrogens is 214 g/mol. The van der Waals surface area contributed by atoms with Gasteiger partial charge in [-0.2, -0.15) is 0 Å². The van der Waals surface area contributed by atoms with Gasteiger partial charge in [-0.3, -0.25) is 4.79 Å². The number of oxime groups is 1. The van der Waals surface area contributed by atoms with Gasteiger partial charge in [-0.15, -0.1) is 12.8 Å². The minimum absolute atomic E-state index is 0.0716. The highest BCUT2D eigenvalue weighted by atomic mass is 16.6. The molecule has 1 aliphatic heterocycles. The number of hydrogen-bond donors (Lipinski definition) is 0. The highest BCUT2D eigenvalue weighted by molar-refractivity contribution is 5.96. The average molecular weight is 229 g/mol. The standard InChI is InChI=1S/C12H13NO2.C2H2/c1-9-7-11(15-13-9)8-12(14)10-5-3-2-4-6-10;1-2/h2-6,11H,7-8H2,1H3;1-2H/t11-;/m0./s1. The molecule has 0 N–H and O–H groups in total. The maximum absolute atomic E-state index is 11.8. The molecule has 3 nitrogen and oxygen atoms in total. The summed E-state index contributed by atoms with van der Waals surface area (Å²) in [5, 5.41) is 3.83. The fourth-order valence-corrected chi connectivity index (χ4v) is 1.63. The van der Waals surface area contributed by atoms with E-state index >= 15 is 0 Å². The fraction of sp³-hybridized carbons (Fsp3) is 0.286. The minimum Gasteiger partial charge on any atom is -0.392 e. The molecule has 0 unspecified atom stereocenters. The van der Waals surface area contributed by atoms with E-state index < -0.39 is 0 Å². The molecule has 0 spiro atoms. The highest BCUT2D eigenvalue weighted by Gasteiger charge is 2.21. The SMILES string of the molecule is C#C.CC1=NO[C@H](CC(=O)c2ccccc2)C1. The molecule has 0 saturated carbocycles. The molecule has 0 fully saturated rings. The summed E-state index contributed by atoms with van der Waals surface area (Å²) in [6, 6.07) is 9.28. The number of carbonyl (C=O) groups is 1. The summed E-state index contributed by atoms with van der Waals surface area (Å²) in [5.74, 6) is 0.116. The Morgan fingerprint density at radius 3 is 2.59 bits per heavy atom. The van der Waals surface area contributed by atoms with E-state index in [1.54, 1.807) is 0 Å². The summed E-state index contributed by atoms with van der Waals surface area (Å²) in [5.41, 5.74) is 1.70. The predicted molar refractivity (Wildman–Crippen MR) is 67.9 cm³/mol. The van der Waals surface area contributed by atoms with Crippen molar-refractivity contribution in [2.24, 2.45) is 5.16 Å². The Morgan fingerprint density at radius 2 is 2.06 bits per heavy atom. The van der Waals surface area contributed by atoms with Crippen LogP contribution in [0.4, 0.5) is 0 Å². The molecule has 1 aromatic carbocycles. The lowest BCUT2D eigenvalue weighted by Gasteiger charge is -2.06. The molecule has 0 aromatic heterocycles. The summed E-state index contributed by atoms with van der Waals surface area (Å²) >= 11 is 0. The Kier molecular flexibility index (Phi) is 4.96. The second-order valence-electron chi connectivity index (χ2n) is 3.75. The maximum Gasteiger partial charge on any atom is 0.166 e. The number of carbonyl (C=O) groups excluding carboxylic acids is 1. The van der Waals surface area contributed by atoms with Gasteiger partial charge < -0.3 is 4.84 Å². The van der Waals surface area contributed by atoms with Crippen LogP contribution >= 0.6 is 0 Å². The van der Waals surface area contributed by atoms with Crippen molar-refractivity contribution in [1.82, 2.24) is 0 Å². The second kappa shape index (κ2) is 6.49. The molecule has 3 heteroatoms. The van der Waals surface area contributed by atoms with Gasteiger partial charge in [-0.25, -0.2) is 0 Å². The van der Waals surface area contributed by atoms with Crippen molar-refractivity contribution in [3.63, 3.8) is 0 Å². The number of hydrogen-bond acceptors (Lipinski definition) is 3. The van der Waals surface area contributed by atoms with Gasteiger partial charge in [0.15, 0.2) is 5.78 Å². The summed E-state index contributed by atoms with van der Waals surface area (Å²) in [6.07, 6.45) is 9.10. The van der Waals surface area contributed by atoms with Crippen LogP contribution in [0.1, 0.15) is 30.1 Å². The Bertz CT molecular complexity index is 420. The monoisotopic (exact) mass is 229 g/mol. The Hall–Kier alpha value is -2.08. The molecule has 0 radical (unpaired) electrons. The van der Waals surface area contributed by atoms with Gasteiger partial charge in [0, 0.05) is 12.0 Å². The van der Waals surface area contributed by atoms with Crippen molar-refractivity contribution < 1.29 is 9.63 Å². The quantitative estimate of drug-likeness (QED) is 0.590. The third-order valence-electron chi connectivity index (χ3n) is 2.39. The van der Waals surface area contributed by atoms with Crippen LogP contribution in [0.5, 0.6) is 0 Å².